The molecule has 1 aromatic heterocycles. The lowest BCUT2D eigenvalue weighted by Gasteiger charge is -2.09. The number of furan rings is 1. The molecular weight excluding hydrogens is 278 g/mol. The maximum absolute atomic E-state index is 12.1. The van der Waals surface area contributed by atoms with Crippen LogP contribution in [0.3, 0.4) is 0 Å². The van der Waals surface area contributed by atoms with Gasteiger partial charge in [0.2, 0.25) is 10.0 Å². The van der Waals surface area contributed by atoms with Crippen molar-refractivity contribution in [3.8, 4) is 5.75 Å². The van der Waals surface area contributed by atoms with Gasteiger partial charge in [0.1, 0.15) is 5.75 Å². The summed E-state index contributed by atoms with van der Waals surface area (Å²) in [5.74, 6) is 0.669. The molecule has 0 atom stereocenters. The highest BCUT2D eigenvalue weighted by atomic mass is 32.2. The average Bonchev–Trinajstić information content (AvgIpc) is 2.91. The minimum Gasteiger partial charge on any atom is -0.496 e. The Morgan fingerprint density at radius 1 is 1.30 bits per heavy atom. The molecule has 0 aliphatic carbocycles. The molecule has 2 rings (SSSR count). The molecule has 1 heterocycles. The summed E-state index contributed by atoms with van der Waals surface area (Å²) in [6.07, 6.45) is 3.76. The van der Waals surface area contributed by atoms with Crippen molar-refractivity contribution in [2.24, 2.45) is 0 Å². The van der Waals surface area contributed by atoms with Gasteiger partial charge in [0.15, 0.2) is 0 Å². The van der Waals surface area contributed by atoms with Gasteiger partial charge in [0, 0.05) is 6.54 Å². The zero-order chi connectivity index (χ0) is 14.6. The van der Waals surface area contributed by atoms with E-state index in [2.05, 4.69) is 4.72 Å². The highest BCUT2D eigenvalue weighted by Gasteiger charge is 2.14. The molecule has 0 saturated heterocycles. The molecular formula is C14H17NO4S. The molecule has 0 radical (unpaired) electrons. The summed E-state index contributed by atoms with van der Waals surface area (Å²) in [5, 5.41) is 0. The van der Waals surface area contributed by atoms with Crippen molar-refractivity contribution in [2.75, 3.05) is 13.7 Å². The number of benzene rings is 1. The predicted octanol–water partition coefficient (Wildman–Crippen LogP) is 2.12. The summed E-state index contributed by atoms with van der Waals surface area (Å²) in [5.41, 5.74) is 1.74. The molecule has 0 bridgehead atoms. The maximum Gasteiger partial charge on any atom is 0.240 e. The first kappa shape index (κ1) is 14.6. The van der Waals surface area contributed by atoms with E-state index in [1.54, 1.807) is 31.8 Å². The van der Waals surface area contributed by atoms with Gasteiger partial charge in [-0.2, -0.15) is 0 Å². The van der Waals surface area contributed by atoms with E-state index in [4.69, 9.17) is 9.15 Å². The lowest BCUT2D eigenvalue weighted by Crippen LogP contribution is -2.26. The van der Waals surface area contributed by atoms with Crippen LogP contribution >= 0.6 is 0 Å². The molecule has 0 aliphatic rings. The number of sulfonamides is 1. The molecule has 1 N–H and O–H groups in total. The minimum atomic E-state index is -3.50. The number of rotatable bonds is 6. The SMILES string of the molecule is COc1ccc(S(=O)(=O)NCCc2ccoc2)cc1C. The Morgan fingerprint density at radius 3 is 2.70 bits per heavy atom. The van der Waals surface area contributed by atoms with Crippen LogP contribution in [0.25, 0.3) is 0 Å². The molecule has 0 saturated carbocycles. The van der Waals surface area contributed by atoms with Crippen molar-refractivity contribution in [3.05, 3.63) is 47.9 Å². The third kappa shape index (κ3) is 3.40. The first-order chi connectivity index (χ1) is 9.53. The Hall–Kier alpha value is -1.79. The van der Waals surface area contributed by atoms with E-state index in [1.165, 1.54) is 6.07 Å². The molecule has 6 heteroatoms. The first-order valence-corrected chi connectivity index (χ1v) is 7.66. The van der Waals surface area contributed by atoms with Gasteiger partial charge in [-0.05, 0) is 48.7 Å². The van der Waals surface area contributed by atoms with Crippen LogP contribution in [0, 0.1) is 6.92 Å². The fourth-order valence-electron chi connectivity index (χ4n) is 1.87. The second kappa shape index (κ2) is 6.11. The Balaban J connectivity index is 2.04. The van der Waals surface area contributed by atoms with E-state index in [0.29, 0.717) is 18.7 Å². The molecule has 0 amide bonds. The molecule has 5 nitrogen and oxygen atoms in total. The minimum absolute atomic E-state index is 0.239. The van der Waals surface area contributed by atoms with E-state index in [0.717, 1.165) is 11.1 Å². The van der Waals surface area contributed by atoms with Crippen LogP contribution in [0.2, 0.25) is 0 Å². The van der Waals surface area contributed by atoms with Crippen LogP contribution in [0.4, 0.5) is 0 Å². The highest BCUT2D eigenvalue weighted by Crippen LogP contribution is 2.21. The molecule has 0 aliphatic heterocycles. The van der Waals surface area contributed by atoms with Crippen LogP contribution in [0.15, 0.2) is 46.1 Å². The van der Waals surface area contributed by atoms with E-state index in [-0.39, 0.29) is 4.90 Å². The van der Waals surface area contributed by atoms with Crippen LogP contribution in [0.1, 0.15) is 11.1 Å². The quantitative estimate of drug-likeness (QED) is 0.886. The zero-order valence-electron chi connectivity index (χ0n) is 11.4. The lowest BCUT2D eigenvalue weighted by molar-refractivity contribution is 0.411. The smallest absolute Gasteiger partial charge is 0.240 e. The van der Waals surface area contributed by atoms with E-state index < -0.39 is 10.0 Å². The molecule has 0 spiro atoms. The molecule has 1 aromatic carbocycles. The number of ether oxygens (including phenoxy) is 1. The van der Waals surface area contributed by atoms with Crippen molar-refractivity contribution >= 4 is 10.0 Å². The van der Waals surface area contributed by atoms with Crippen LogP contribution < -0.4 is 9.46 Å². The Kier molecular flexibility index (Phi) is 4.46. The third-order valence-corrected chi connectivity index (χ3v) is 4.42. The predicted molar refractivity (Wildman–Crippen MR) is 75.3 cm³/mol. The number of hydrogen-bond donors (Lipinski definition) is 1. The van der Waals surface area contributed by atoms with Crippen molar-refractivity contribution in [2.45, 2.75) is 18.2 Å². The van der Waals surface area contributed by atoms with Crippen LogP contribution in [-0.4, -0.2) is 22.1 Å². The van der Waals surface area contributed by atoms with Gasteiger partial charge in [-0.1, -0.05) is 0 Å². The van der Waals surface area contributed by atoms with Gasteiger partial charge >= 0.3 is 0 Å². The number of aryl methyl sites for hydroxylation is 1. The summed E-state index contributed by atoms with van der Waals surface area (Å²) in [6.45, 7) is 2.14. The largest absolute Gasteiger partial charge is 0.496 e. The van der Waals surface area contributed by atoms with E-state index >= 15 is 0 Å². The number of hydrogen-bond acceptors (Lipinski definition) is 4. The third-order valence-electron chi connectivity index (χ3n) is 2.96. The van der Waals surface area contributed by atoms with Crippen LogP contribution in [0.5, 0.6) is 5.75 Å². The number of nitrogens with one attached hydrogen (secondary N) is 1. The molecule has 108 valence electrons. The topological polar surface area (TPSA) is 68.5 Å². The van der Waals surface area contributed by atoms with Gasteiger partial charge < -0.3 is 9.15 Å². The molecule has 20 heavy (non-hydrogen) atoms. The fourth-order valence-corrected chi connectivity index (χ4v) is 2.98. The molecule has 0 unspecified atom stereocenters. The second-order valence-electron chi connectivity index (χ2n) is 4.41. The van der Waals surface area contributed by atoms with Crippen molar-refractivity contribution < 1.29 is 17.6 Å². The maximum atomic E-state index is 12.1. The van der Waals surface area contributed by atoms with Gasteiger partial charge in [-0.15, -0.1) is 0 Å². The Bertz CT molecular complexity index is 662. The molecule has 0 fully saturated rings. The summed E-state index contributed by atoms with van der Waals surface area (Å²) in [6, 6.07) is 6.59. The summed E-state index contributed by atoms with van der Waals surface area (Å²) in [7, 11) is -1.94. The first-order valence-electron chi connectivity index (χ1n) is 6.18. The number of methoxy groups -OCH3 is 1. The van der Waals surface area contributed by atoms with Crippen molar-refractivity contribution in [3.63, 3.8) is 0 Å². The Morgan fingerprint density at radius 2 is 2.10 bits per heavy atom. The van der Waals surface area contributed by atoms with E-state index in [1.807, 2.05) is 13.0 Å². The molecule has 2 aromatic rings. The van der Waals surface area contributed by atoms with Crippen LogP contribution in [-0.2, 0) is 16.4 Å². The summed E-state index contributed by atoms with van der Waals surface area (Å²) in [4.78, 5) is 0.239. The van der Waals surface area contributed by atoms with Crippen molar-refractivity contribution in [1.82, 2.24) is 4.72 Å². The monoisotopic (exact) mass is 295 g/mol. The van der Waals surface area contributed by atoms with Gasteiger partial charge in [0.25, 0.3) is 0 Å². The van der Waals surface area contributed by atoms with Crippen molar-refractivity contribution in [1.29, 1.82) is 0 Å². The van der Waals surface area contributed by atoms with Gasteiger partial charge in [0.05, 0.1) is 24.5 Å². The summed E-state index contributed by atoms with van der Waals surface area (Å²) < 4.78 is 36.9. The van der Waals surface area contributed by atoms with Gasteiger partial charge in [-0.25, -0.2) is 13.1 Å². The lowest BCUT2D eigenvalue weighted by atomic mass is 10.2. The normalized spacial score (nSPS) is 11.5. The highest BCUT2D eigenvalue weighted by molar-refractivity contribution is 7.89. The fraction of sp³-hybridized carbons (Fsp3) is 0.286. The summed E-state index contributed by atoms with van der Waals surface area (Å²) >= 11 is 0. The van der Waals surface area contributed by atoms with E-state index in [9.17, 15) is 8.42 Å². The Labute approximate surface area is 118 Å². The average molecular weight is 295 g/mol. The standard InChI is InChI=1S/C14H17NO4S/c1-11-9-13(3-4-14(11)18-2)20(16,17)15-7-5-12-6-8-19-10-12/h3-4,6,8-10,15H,5,7H2,1-2H3. The second-order valence-corrected chi connectivity index (χ2v) is 6.18. The zero-order valence-corrected chi connectivity index (χ0v) is 12.2. The van der Waals surface area contributed by atoms with Gasteiger partial charge in [-0.3, -0.25) is 0 Å².